The average molecular weight is 202 g/mol. The number of ether oxygens (including phenoxy) is 1. The molecule has 0 saturated carbocycles. The highest BCUT2D eigenvalue weighted by Crippen LogP contribution is 2.24. The first-order valence-corrected chi connectivity index (χ1v) is 5.09. The van der Waals surface area contributed by atoms with Crippen molar-refractivity contribution in [2.75, 3.05) is 6.61 Å². The van der Waals surface area contributed by atoms with Gasteiger partial charge in [-0.05, 0) is 25.0 Å². The van der Waals surface area contributed by atoms with E-state index in [1.807, 2.05) is 6.92 Å². The molecule has 1 aromatic rings. The Hall–Kier alpha value is -1.34. The maximum atomic E-state index is 5.66. The Bertz CT molecular complexity index is 335. The van der Waals surface area contributed by atoms with E-state index in [1.165, 1.54) is 5.56 Å². The van der Waals surface area contributed by atoms with Crippen LogP contribution in [0.5, 0.6) is 0 Å². The van der Waals surface area contributed by atoms with E-state index in [9.17, 15) is 0 Å². The molecular formula is C14H18O. The van der Waals surface area contributed by atoms with Gasteiger partial charge in [-0.15, -0.1) is 6.58 Å². The minimum atomic E-state index is -0.0244. The minimum absolute atomic E-state index is 0.0244. The fourth-order valence-corrected chi connectivity index (χ4v) is 1.43. The van der Waals surface area contributed by atoms with Crippen molar-refractivity contribution in [3.8, 4) is 0 Å². The molecule has 0 aliphatic heterocycles. The van der Waals surface area contributed by atoms with Crippen molar-refractivity contribution >= 4 is 0 Å². The van der Waals surface area contributed by atoms with Gasteiger partial charge in [0.1, 0.15) is 6.10 Å². The van der Waals surface area contributed by atoms with Crippen LogP contribution in [0.1, 0.15) is 24.2 Å². The van der Waals surface area contributed by atoms with Crippen LogP contribution in [-0.4, -0.2) is 6.61 Å². The van der Waals surface area contributed by atoms with Crippen molar-refractivity contribution in [1.82, 2.24) is 0 Å². The van der Waals surface area contributed by atoms with Gasteiger partial charge in [-0.3, -0.25) is 0 Å². The molecule has 0 aliphatic carbocycles. The molecule has 15 heavy (non-hydrogen) atoms. The molecule has 0 radical (unpaired) electrons. The molecule has 0 saturated heterocycles. The summed E-state index contributed by atoms with van der Waals surface area (Å²) in [6.45, 7) is 12.2. The van der Waals surface area contributed by atoms with E-state index in [-0.39, 0.29) is 6.10 Å². The molecule has 0 heterocycles. The Kier molecular flexibility index (Phi) is 4.32. The largest absolute Gasteiger partial charge is 0.365 e. The third kappa shape index (κ3) is 3.37. The van der Waals surface area contributed by atoms with Crippen LogP contribution in [0.15, 0.2) is 49.1 Å². The standard InChI is InChI=1S/C14H18O/c1-5-10-15-14(11(2)3)13-8-6-12(4)7-9-13/h5-9,14H,1-2,10H2,3-4H3. The Balaban J connectivity index is 2.83. The van der Waals surface area contributed by atoms with Crippen LogP contribution in [-0.2, 0) is 4.74 Å². The summed E-state index contributed by atoms with van der Waals surface area (Å²) < 4.78 is 5.66. The Morgan fingerprint density at radius 1 is 1.40 bits per heavy atom. The van der Waals surface area contributed by atoms with Crippen molar-refractivity contribution < 1.29 is 4.74 Å². The van der Waals surface area contributed by atoms with E-state index < -0.39 is 0 Å². The third-order valence-corrected chi connectivity index (χ3v) is 2.21. The fourth-order valence-electron chi connectivity index (χ4n) is 1.43. The van der Waals surface area contributed by atoms with Crippen molar-refractivity contribution in [3.05, 3.63) is 60.2 Å². The van der Waals surface area contributed by atoms with Gasteiger partial charge in [0, 0.05) is 0 Å². The third-order valence-electron chi connectivity index (χ3n) is 2.21. The SMILES string of the molecule is C=CCOC(C(=C)C)c1ccc(C)cc1. The van der Waals surface area contributed by atoms with Crippen LogP contribution in [0, 0.1) is 6.92 Å². The molecule has 0 aromatic heterocycles. The summed E-state index contributed by atoms with van der Waals surface area (Å²) in [7, 11) is 0. The lowest BCUT2D eigenvalue weighted by atomic mass is 10.0. The van der Waals surface area contributed by atoms with Gasteiger partial charge < -0.3 is 4.74 Å². The number of aryl methyl sites for hydroxylation is 1. The average Bonchev–Trinajstić information content (AvgIpc) is 2.21. The normalized spacial score (nSPS) is 12.1. The van der Waals surface area contributed by atoms with Gasteiger partial charge >= 0.3 is 0 Å². The summed E-state index contributed by atoms with van der Waals surface area (Å²) in [4.78, 5) is 0. The molecule has 80 valence electrons. The summed E-state index contributed by atoms with van der Waals surface area (Å²) in [6, 6.07) is 8.33. The van der Waals surface area contributed by atoms with Gasteiger partial charge in [-0.1, -0.05) is 42.5 Å². The van der Waals surface area contributed by atoms with Crippen LogP contribution >= 0.6 is 0 Å². The number of rotatable bonds is 5. The summed E-state index contributed by atoms with van der Waals surface area (Å²) in [5.74, 6) is 0. The highest BCUT2D eigenvalue weighted by Gasteiger charge is 2.11. The zero-order valence-electron chi connectivity index (χ0n) is 9.49. The molecule has 0 bridgehead atoms. The molecule has 0 amide bonds. The predicted molar refractivity (Wildman–Crippen MR) is 64.9 cm³/mol. The number of benzene rings is 1. The quantitative estimate of drug-likeness (QED) is 0.660. The summed E-state index contributed by atoms with van der Waals surface area (Å²) in [6.07, 6.45) is 1.73. The van der Waals surface area contributed by atoms with Crippen LogP contribution in [0.2, 0.25) is 0 Å². The number of hydrogen-bond acceptors (Lipinski definition) is 1. The molecule has 1 rings (SSSR count). The lowest BCUT2D eigenvalue weighted by Crippen LogP contribution is -2.05. The molecule has 0 N–H and O–H groups in total. The van der Waals surface area contributed by atoms with Gasteiger partial charge in [-0.2, -0.15) is 0 Å². The first-order valence-electron chi connectivity index (χ1n) is 5.09. The Morgan fingerprint density at radius 2 is 2.00 bits per heavy atom. The number of hydrogen-bond donors (Lipinski definition) is 0. The second-order valence-electron chi connectivity index (χ2n) is 3.76. The van der Waals surface area contributed by atoms with Crippen LogP contribution in [0.3, 0.4) is 0 Å². The summed E-state index contributed by atoms with van der Waals surface area (Å²) in [5, 5.41) is 0. The maximum Gasteiger partial charge on any atom is 0.103 e. The van der Waals surface area contributed by atoms with Gasteiger partial charge in [0.25, 0.3) is 0 Å². The van der Waals surface area contributed by atoms with Gasteiger partial charge in [0.15, 0.2) is 0 Å². The molecule has 1 nitrogen and oxygen atoms in total. The Morgan fingerprint density at radius 3 is 2.47 bits per heavy atom. The molecule has 1 unspecified atom stereocenters. The van der Waals surface area contributed by atoms with E-state index >= 15 is 0 Å². The first-order chi connectivity index (χ1) is 7.15. The predicted octanol–water partition coefficient (Wildman–Crippen LogP) is 3.81. The topological polar surface area (TPSA) is 9.23 Å². The summed E-state index contributed by atoms with van der Waals surface area (Å²) >= 11 is 0. The molecule has 0 fully saturated rings. The maximum absolute atomic E-state index is 5.66. The molecule has 1 atom stereocenters. The summed E-state index contributed by atoms with van der Waals surface area (Å²) in [5.41, 5.74) is 3.42. The van der Waals surface area contributed by atoms with Gasteiger partial charge in [0.2, 0.25) is 0 Å². The molecule has 1 heteroatoms. The van der Waals surface area contributed by atoms with E-state index in [2.05, 4.69) is 44.3 Å². The minimum Gasteiger partial charge on any atom is -0.365 e. The van der Waals surface area contributed by atoms with E-state index in [0.29, 0.717) is 6.61 Å². The fraction of sp³-hybridized carbons (Fsp3) is 0.286. The van der Waals surface area contributed by atoms with Crippen LogP contribution < -0.4 is 0 Å². The zero-order valence-corrected chi connectivity index (χ0v) is 9.49. The van der Waals surface area contributed by atoms with Crippen molar-refractivity contribution in [2.24, 2.45) is 0 Å². The second kappa shape index (κ2) is 5.52. The first kappa shape index (κ1) is 11.7. The van der Waals surface area contributed by atoms with Gasteiger partial charge in [-0.25, -0.2) is 0 Å². The lowest BCUT2D eigenvalue weighted by Gasteiger charge is -2.17. The highest BCUT2D eigenvalue weighted by molar-refractivity contribution is 5.27. The Labute approximate surface area is 92.1 Å². The smallest absolute Gasteiger partial charge is 0.103 e. The van der Waals surface area contributed by atoms with Crippen LogP contribution in [0.25, 0.3) is 0 Å². The lowest BCUT2D eigenvalue weighted by molar-refractivity contribution is 0.102. The zero-order chi connectivity index (χ0) is 11.3. The van der Waals surface area contributed by atoms with E-state index in [0.717, 1.165) is 11.1 Å². The molecule has 1 aromatic carbocycles. The van der Waals surface area contributed by atoms with E-state index in [4.69, 9.17) is 4.74 Å². The van der Waals surface area contributed by atoms with Crippen LogP contribution in [0.4, 0.5) is 0 Å². The van der Waals surface area contributed by atoms with Gasteiger partial charge in [0.05, 0.1) is 6.61 Å². The molecule has 0 aliphatic rings. The molecule has 0 spiro atoms. The highest BCUT2D eigenvalue weighted by atomic mass is 16.5. The van der Waals surface area contributed by atoms with E-state index in [1.54, 1.807) is 6.08 Å². The second-order valence-corrected chi connectivity index (χ2v) is 3.76. The molecular weight excluding hydrogens is 184 g/mol. The van der Waals surface area contributed by atoms with Crippen molar-refractivity contribution in [1.29, 1.82) is 0 Å². The van der Waals surface area contributed by atoms with Crippen molar-refractivity contribution in [3.63, 3.8) is 0 Å². The monoisotopic (exact) mass is 202 g/mol. The van der Waals surface area contributed by atoms with Crippen molar-refractivity contribution in [2.45, 2.75) is 20.0 Å².